The summed E-state index contributed by atoms with van der Waals surface area (Å²) in [6, 6.07) is 2.82. The lowest BCUT2D eigenvalue weighted by molar-refractivity contribution is 0.301. The number of rotatable bonds is 12. The first-order chi connectivity index (χ1) is 9.28. The van der Waals surface area contributed by atoms with Crippen LogP contribution in [-0.2, 0) is 0 Å². The second-order valence-corrected chi connectivity index (χ2v) is 4.62. The minimum atomic E-state index is 0.843. The molecule has 0 aliphatic heterocycles. The Bertz CT molecular complexity index is 217. The van der Waals surface area contributed by atoms with Crippen molar-refractivity contribution in [3.05, 3.63) is 0 Å². The highest BCUT2D eigenvalue weighted by atomic mass is 15.1. The van der Waals surface area contributed by atoms with Gasteiger partial charge in [0.15, 0.2) is 0 Å². The molecule has 19 heavy (non-hydrogen) atoms. The zero-order chi connectivity index (χ0) is 14.3. The molecule has 0 amide bonds. The van der Waals surface area contributed by atoms with E-state index in [4.69, 9.17) is 0 Å². The van der Waals surface area contributed by atoms with E-state index in [1.807, 2.05) is 0 Å². The molecule has 0 atom stereocenters. The van der Waals surface area contributed by atoms with E-state index in [0.29, 0.717) is 0 Å². The molecule has 0 radical (unpaired) electrons. The largest absolute Gasteiger partial charge is 0.304 e. The van der Waals surface area contributed by atoms with E-state index < -0.39 is 0 Å². The topological polar surface area (TPSA) is 31.2 Å². The number of hydrogen-bond acceptors (Lipinski definition) is 4. The predicted molar refractivity (Wildman–Crippen MR) is 84.4 cm³/mol. The lowest BCUT2D eigenvalue weighted by Gasteiger charge is -2.16. The Morgan fingerprint density at radius 3 is 1.37 bits per heavy atom. The van der Waals surface area contributed by atoms with E-state index in [1.54, 1.807) is 0 Å². The van der Waals surface area contributed by atoms with Gasteiger partial charge in [0, 0.05) is 0 Å². The summed E-state index contributed by atoms with van der Waals surface area (Å²) in [4.78, 5) is 13.3. The van der Waals surface area contributed by atoms with Gasteiger partial charge < -0.3 is 9.80 Å². The van der Waals surface area contributed by atoms with Crippen LogP contribution in [0.3, 0.4) is 0 Å². The molecule has 0 fully saturated rings. The van der Waals surface area contributed by atoms with Crippen LogP contribution in [0.1, 0.15) is 40.5 Å². The van der Waals surface area contributed by atoms with E-state index in [-0.39, 0.29) is 0 Å². The van der Waals surface area contributed by atoms with Crippen LogP contribution in [0.4, 0.5) is 0 Å². The summed E-state index contributed by atoms with van der Waals surface area (Å²) >= 11 is 0. The summed E-state index contributed by atoms with van der Waals surface area (Å²) in [7, 11) is 0. The minimum absolute atomic E-state index is 0.843. The normalized spacial score (nSPS) is 10.8. The lowest BCUT2D eigenvalue weighted by Crippen LogP contribution is -2.24. The molecule has 0 rings (SSSR count). The van der Waals surface area contributed by atoms with Crippen LogP contribution < -0.4 is 0 Å². The van der Waals surface area contributed by atoms with Gasteiger partial charge in [-0.1, -0.05) is 27.7 Å². The maximum atomic E-state index is 4.21. The molecule has 0 aromatic carbocycles. The van der Waals surface area contributed by atoms with Gasteiger partial charge in [-0.25, -0.2) is 9.98 Å². The minimum Gasteiger partial charge on any atom is -0.304 e. The first kappa shape index (κ1) is 18.3. The maximum Gasteiger partial charge on any atom is 0.0892 e. The number of aliphatic imine (C=N–C) groups is 2. The molecule has 4 heteroatoms. The van der Waals surface area contributed by atoms with Crippen molar-refractivity contribution in [3.8, 4) is 0 Å². The van der Waals surface area contributed by atoms with Gasteiger partial charge in [-0.05, 0) is 52.1 Å². The summed E-state index contributed by atoms with van der Waals surface area (Å²) in [5, 5.41) is 0. The van der Waals surface area contributed by atoms with Gasteiger partial charge in [0.05, 0.1) is 19.1 Å². The molecular formula is C15H32N4. The molecule has 0 saturated carbocycles. The quantitative estimate of drug-likeness (QED) is 0.402. The van der Waals surface area contributed by atoms with Crippen LogP contribution in [0.25, 0.3) is 0 Å². The fourth-order valence-electron chi connectivity index (χ4n) is 1.98. The van der Waals surface area contributed by atoms with Crippen LogP contribution in [0.15, 0.2) is 9.98 Å². The Hall–Kier alpha value is -0.700. The third-order valence-corrected chi connectivity index (χ3v) is 3.42. The highest BCUT2D eigenvalue weighted by molar-refractivity contribution is 5.40. The summed E-state index contributed by atoms with van der Waals surface area (Å²) < 4.78 is 0. The van der Waals surface area contributed by atoms with Gasteiger partial charge >= 0.3 is 0 Å². The molecule has 0 unspecified atom stereocenters. The summed E-state index contributed by atoms with van der Waals surface area (Å²) in [5.74, 6) is 0. The third kappa shape index (κ3) is 10.9. The van der Waals surface area contributed by atoms with Crippen molar-refractivity contribution < 1.29 is 0 Å². The summed E-state index contributed by atoms with van der Waals surface area (Å²) in [6.07, 6.45) is 2.20. The van der Waals surface area contributed by atoms with Crippen LogP contribution in [0.2, 0.25) is 0 Å². The van der Waals surface area contributed by atoms with Crippen LogP contribution in [-0.4, -0.2) is 68.2 Å². The molecular weight excluding hydrogens is 236 g/mol. The van der Waals surface area contributed by atoms with Crippen molar-refractivity contribution in [1.29, 1.82) is 0 Å². The molecule has 0 saturated heterocycles. The number of hydrogen-bond donors (Lipinski definition) is 0. The monoisotopic (exact) mass is 268 g/mol. The second kappa shape index (κ2) is 13.7. The van der Waals surface area contributed by atoms with Gasteiger partial charge in [0.1, 0.15) is 0 Å². The highest BCUT2D eigenvalue weighted by Gasteiger charge is 1.97. The van der Waals surface area contributed by atoms with E-state index in [0.717, 1.165) is 65.2 Å². The van der Waals surface area contributed by atoms with Gasteiger partial charge in [-0.15, -0.1) is 0 Å². The molecule has 0 aromatic heterocycles. The fraction of sp³-hybridized carbons (Fsp3) is 0.933. The predicted octanol–water partition coefficient (Wildman–Crippen LogP) is 2.62. The molecule has 0 aliphatic rings. The first-order valence-electron chi connectivity index (χ1n) is 7.81. The van der Waals surface area contributed by atoms with E-state index in [2.05, 4.69) is 53.5 Å². The van der Waals surface area contributed by atoms with Crippen molar-refractivity contribution in [1.82, 2.24) is 9.80 Å². The molecule has 0 heterocycles. The Labute approximate surface area is 119 Å². The third-order valence-electron chi connectivity index (χ3n) is 3.42. The molecule has 0 aliphatic carbocycles. The average Bonchev–Trinajstić information content (AvgIpc) is 2.45. The van der Waals surface area contributed by atoms with Crippen molar-refractivity contribution in [2.45, 2.75) is 40.5 Å². The van der Waals surface area contributed by atoms with E-state index in [1.165, 1.54) is 0 Å². The molecule has 0 aromatic rings. The first-order valence-corrected chi connectivity index (χ1v) is 7.81. The molecule has 0 N–H and O–H groups in total. The average molecular weight is 268 g/mol. The highest BCUT2D eigenvalue weighted by Crippen LogP contribution is 1.91. The molecule has 0 spiro atoms. The molecule has 112 valence electrons. The van der Waals surface area contributed by atoms with Crippen molar-refractivity contribution in [2.75, 3.05) is 52.4 Å². The fourth-order valence-corrected chi connectivity index (χ4v) is 1.98. The van der Waals surface area contributed by atoms with Gasteiger partial charge in [-0.3, -0.25) is 0 Å². The van der Waals surface area contributed by atoms with E-state index in [9.17, 15) is 0 Å². The zero-order valence-corrected chi connectivity index (χ0v) is 13.4. The Kier molecular flexibility index (Phi) is 13.2. The summed E-state index contributed by atoms with van der Waals surface area (Å²) in [6.45, 7) is 17.2. The lowest BCUT2D eigenvalue weighted by atomic mass is 10.4. The van der Waals surface area contributed by atoms with Crippen molar-refractivity contribution >= 4 is 6.01 Å². The van der Waals surface area contributed by atoms with Gasteiger partial charge in [0.2, 0.25) is 0 Å². The standard InChI is InChI=1S/C15H32N4/c1-5-18(6-2)13-9-11-16-15-17-12-10-14-19(7-3)8-4/h5-14H2,1-4H3. The Balaban J connectivity index is 3.52. The van der Waals surface area contributed by atoms with Crippen LogP contribution >= 0.6 is 0 Å². The van der Waals surface area contributed by atoms with Crippen molar-refractivity contribution in [3.63, 3.8) is 0 Å². The van der Waals surface area contributed by atoms with Gasteiger partial charge in [0.25, 0.3) is 0 Å². The number of nitrogens with zero attached hydrogens (tertiary/aromatic N) is 4. The van der Waals surface area contributed by atoms with E-state index >= 15 is 0 Å². The van der Waals surface area contributed by atoms with Crippen LogP contribution in [0.5, 0.6) is 0 Å². The second-order valence-electron chi connectivity index (χ2n) is 4.62. The van der Waals surface area contributed by atoms with Crippen molar-refractivity contribution in [2.24, 2.45) is 9.98 Å². The maximum absolute atomic E-state index is 4.21. The molecule has 0 bridgehead atoms. The Morgan fingerprint density at radius 2 is 1.05 bits per heavy atom. The molecule has 4 nitrogen and oxygen atoms in total. The zero-order valence-electron chi connectivity index (χ0n) is 13.4. The van der Waals surface area contributed by atoms with Crippen LogP contribution in [0, 0.1) is 0 Å². The smallest absolute Gasteiger partial charge is 0.0892 e. The Morgan fingerprint density at radius 1 is 0.684 bits per heavy atom. The van der Waals surface area contributed by atoms with Gasteiger partial charge in [-0.2, -0.15) is 0 Å². The summed E-state index contributed by atoms with van der Waals surface area (Å²) in [5.41, 5.74) is 0. The SMILES string of the molecule is CCN(CC)CCCN=C=NCCCN(CC)CC.